The molecule has 1 saturated heterocycles. The van der Waals surface area contributed by atoms with Gasteiger partial charge in [-0.2, -0.15) is 9.40 Å². The van der Waals surface area contributed by atoms with Gasteiger partial charge in [0.2, 0.25) is 21.8 Å². The SMILES string of the molecule is Cc1ccc(S(=O)(=O)N2CCC[C@H]2C(=O)Nc2ccc(NC(=O)C(C)n3cncn3)cc2)cc1. The molecule has 2 atom stereocenters. The van der Waals surface area contributed by atoms with Crippen molar-refractivity contribution in [2.45, 2.75) is 43.7 Å². The Hall–Kier alpha value is -3.57. The van der Waals surface area contributed by atoms with Crippen molar-refractivity contribution < 1.29 is 18.0 Å². The number of aromatic nitrogens is 3. The maximum Gasteiger partial charge on any atom is 0.249 e. The van der Waals surface area contributed by atoms with E-state index in [1.54, 1.807) is 55.5 Å². The van der Waals surface area contributed by atoms with Gasteiger partial charge in [-0.3, -0.25) is 9.59 Å². The van der Waals surface area contributed by atoms with Crippen LogP contribution < -0.4 is 10.6 Å². The number of aryl methyl sites for hydroxylation is 1. The predicted molar refractivity (Wildman–Crippen MR) is 127 cm³/mol. The summed E-state index contributed by atoms with van der Waals surface area (Å²) < 4.78 is 28.9. The Labute approximate surface area is 198 Å². The molecule has 34 heavy (non-hydrogen) atoms. The molecular weight excluding hydrogens is 456 g/mol. The van der Waals surface area contributed by atoms with Crippen molar-refractivity contribution in [3.8, 4) is 0 Å². The minimum Gasteiger partial charge on any atom is -0.325 e. The van der Waals surface area contributed by atoms with Crippen molar-refractivity contribution in [1.82, 2.24) is 19.1 Å². The molecule has 0 bridgehead atoms. The molecule has 1 aromatic heterocycles. The number of rotatable bonds is 7. The maximum absolute atomic E-state index is 13.1. The molecule has 4 rings (SSSR count). The van der Waals surface area contributed by atoms with Crippen molar-refractivity contribution in [2.75, 3.05) is 17.2 Å². The van der Waals surface area contributed by atoms with Crippen molar-refractivity contribution in [1.29, 1.82) is 0 Å². The summed E-state index contributed by atoms with van der Waals surface area (Å²) in [6.45, 7) is 3.89. The number of hydrogen-bond acceptors (Lipinski definition) is 6. The fourth-order valence-electron chi connectivity index (χ4n) is 3.78. The Morgan fingerprint density at radius 2 is 1.68 bits per heavy atom. The van der Waals surface area contributed by atoms with Crippen LogP contribution in [0.1, 0.15) is 31.4 Å². The number of amides is 2. The summed E-state index contributed by atoms with van der Waals surface area (Å²) in [6.07, 6.45) is 3.89. The first-order valence-corrected chi connectivity index (χ1v) is 12.3. The molecule has 178 valence electrons. The molecule has 0 radical (unpaired) electrons. The lowest BCUT2D eigenvalue weighted by atomic mass is 10.2. The van der Waals surface area contributed by atoms with E-state index in [4.69, 9.17) is 0 Å². The molecular formula is C23H26N6O4S. The zero-order chi connectivity index (χ0) is 24.3. The van der Waals surface area contributed by atoms with Gasteiger partial charge in [0.05, 0.1) is 4.90 Å². The van der Waals surface area contributed by atoms with E-state index in [9.17, 15) is 18.0 Å². The number of carbonyl (C=O) groups excluding carboxylic acids is 2. The Bertz CT molecular complexity index is 1260. The fraction of sp³-hybridized carbons (Fsp3) is 0.304. The average molecular weight is 483 g/mol. The highest BCUT2D eigenvalue weighted by atomic mass is 32.2. The van der Waals surface area contributed by atoms with Crippen LogP contribution >= 0.6 is 0 Å². The van der Waals surface area contributed by atoms with Gasteiger partial charge in [0.1, 0.15) is 24.7 Å². The Kier molecular flexibility index (Phi) is 6.75. The minimum atomic E-state index is -3.78. The Balaban J connectivity index is 1.40. The van der Waals surface area contributed by atoms with Gasteiger partial charge in [-0.25, -0.2) is 18.1 Å². The number of carbonyl (C=O) groups is 2. The van der Waals surface area contributed by atoms with Crippen LogP contribution in [0, 0.1) is 6.92 Å². The minimum absolute atomic E-state index is 0.179. The maximum atomic E-state index is 13.1. The number of anilines is 2. The number of nitrogens with zero attached hydrogens (tertiary/aromatic N) is 4. The molecule has 0 spiro atoms. The second kappa shape index (κ2) is 9.74. The van der Waals surface area contributed by atoms with E-state index < -0.39 is 22.1 Å². The highest BCUT2D eigenvalue weighted by Crippen LogP contribution is 2.27. The van der Waals surface area contributed by atoms with E-state index in [1.165, 1.54) is 21.6 Å². The molecule has 0 saturated carbocycles. The molecule has 0 aliphatic carbocycles. The van der Waals surface area contributed by atoms with Gasteiger partial charge in [0.25, 0.3) is 0 Å². The third-order valence-electron chi connectivity index (χ3n) is 5.77. The van der Waals surface area contributed by atoms with E-state index in [1.807, 2.05) is 6.92 Å². The number of sulfonamides is 1. The third kappa shape index (κ3) is 5.00. The van der Waals surface area contributed by atoms with Crippen molar-refractivity contribution in [3.05, 3.63) is 66.7 Å². The molecule has 2 N–H and O–H groups in total. The summed E-state index contributed by atoms with van der Waals surface area (Å²) in [6, 6.07) is 11.9. The molecule has 1 aliphatic heterocycles. The van der Waals surface area contributed by atoms with Gasteiger partial charge in [-0.05, 0) is 63.1 Å². The zero-order valence-electron chi connectivity index (χ0n) is 18.9. The predicted octanol–water partition coefficient (Wildman–Crippen LogP) is 2.58. The van der Waals surface area contributed by atoms with Crippen LogP contribution in [0.5, 0.6) is 0 Å². The van der Waals surface area contributed by atoms with Gasteiger partial charge in [0.15, 0.2) is 0 Å². The van der Waals surface area contributed by atoms with Crippen LogP contribution in [-0.2, 0) is 19.6 Å². The Morgan fingerprint density at radius 1 is 1.03 bits per heavy atom. The molecule has 1 fully saturated rings. The first kappa shape index (κ1) is 23.6. The zero-order valence-corrected chi connectivity index (χ0v) is 19.7. The standard InChI is InChI=1S/C23H26N6O4S/c1-16-5-11-20(12-6-16)34(32,33)29-13-3-4-21(29)23(31)27-19-9-7-18(8-10-19)26-22(30)17(2)28-15-24-14-25-28/h5-12,14-15,17,21H,3-4,13H2,1-2H3,(H,26,30)(H,27,31)/t17?,21-/m0/s1. The number of hydrogen-bond donors (Lipinski definition) is 2. The number of benzene rings is 2. The summed E-state index contributed by atoms with van der Waals surface area (Å²) in [5.41, 5.74) is 2.02. The van der Waals surface area contributed by atoms with E-state index in [2.05, 4.69) is 20.7 Å². The van der Waals surface area contributed by atoms with Gasteiger partial charge < -0.3 is 10.6 Å². The second-order valence-corrected chi connectivity index (χ2v) is 10.1. The van der Waals surface area contributed by atoms with Gasteiger partial charge >= 0.3 is 0 Å². The lowest BCUT2D eigenvalue weighted by molar-refractivity contribution is -0.119. The first-order valence-electron chi connectivity index (χ1n) is 10.9. The largest absolute Gasteiger partial charge is 0.325 e. The van der Waals surface area contributed by atoms with Crippen molar-refractivity contribution in [2.24, 2.45) is 0 Å². The van der Waals surface area contributed by atoms with Gasteiger partial charge in [-0.1, -0.05) is 17.7 Å². The molecule has 10 nitrogen and oxygen atoms in total. The molecule has 3 aromatic rings. The van der Waals surface area contributed by atoms with Crippen LogP contribution in [0.2, 0.25) is 0 Å². The first-order chi connectivity index (χ1) is 16.3. The number of nitrogens with one attached hydrogen (secondary N) is 2. The normalized spacial score (nSPS) is 17.3. The van der Waals surface area contributed by atoms with Crippen LogP contribution in [0.3, 0.4) is 0 Å². The highest BCUT2D eigenvalue weighted by molar-refractivity contribution is 7.89. The van der Waals surface area contributed by atoms with E-state index >= 15 is 0 Å². The van der Waals surface area contributed by atoms with Crippen LogP contribution in [0.25, 0.3) is 0 Å². The summed E-state index contributed by atoms with van der Waals surface area (Å²) >= 11 is 0. The fourth-order valence-corrected chi connectivity index (χ4v) is 5.44. The molecule has 1 aliphatic rings. The molecule has 2 aromatic carbocycles. The average Bonchev–Trinajstić information content (AvgIpc) is 3.53. The summed E-state index contributed by atoms with van der Waals surface area (Å²) in [7, 11) is -3.78. The summed E-state index contributed by atoms with van der Waals surface area (Å²) in [4.78, 5) is 29.3. The monoisotopic (exact) mass is 482 g/mol. The lowest BCUT2D eigenvalue weighted by Gasteiger charge is -2.23. The van der Waals surface area contributed by atoms with E-state index in [-0.39, 0.29) is 16.7 Å². The van der Waals surface area contributed by atoms with Gasteiger partial charge in [0, 0.05) is 17.9 Å². The van der Waals surface area contributed by atoms with Crippen molar-refractivity contribution >= 4 is 33.2 Å². The van der Waals surface area contributed by atoms with Crippen LogP contribution in [-0.4, -0.2) is 51.9 Å². The van der Waals surface area contributed by atoms with Crippen LogP contribution in [0.15, 0.2) is 66.1 Å². The molecule has 2 heterocycles. The quantitative estimate of drug-likeness (QED) is 0.533. The van der Waals surface area contributed by atoms with E-state index in [0.29, 0.717) is 30.8 Å². The van der Waals surface area contributed by atoms with Crippen molar-refractivity contribution in [3.63, 3.8) is 0 Å². The smallest absolute Gasteiger partial charge is 0.249 e. The third-order valence-corrected chi connectivity index (χ3v) is 7.69. The summed E-state index contributed by atoms with van der Waals surface area (Å²) in [5.74, 6) is -0.644. The van der Waals surface area contributed by atoms with E-state index in [0.717, 1.165) is 5.56 Å². The lowest BCUT2D eigenvalue weighted by Crippen LogP contribution is -2.43. The van der Waals surface area contributed by atoms with Gasteiger partial charge in [-0.15, -0.1) is 0 Å². The molecule has 1 unspecified atom stereocenters. The summed E-state index contributed by atoms with van der Waals surface area (Å²) in [5, 5.41) is 9.54. The second-order valence-electron chi connectivity index (χ2n) is 8.19. The Morgan fingerprint density at radius 3 is 2.29 bits per heavy atom. The highest BCUT2D eigenvalue weighted by Gasteiger charge is 2.39. The molecule has 11 heteroatoms. The van der Waals surface area contributed by atoms with Crippen LogP contribution in [0.4, 0.5) is 11.4 Å². The molecule has 2 amide bonds. The topological polar surface area (TPSA) is 126 Å².